The first kappa shape index (κ1) is 17.9. The van der Waals surface area contributed by atoms with E-state index in [0.717, 1.165) is 19.5 Å². The summed E-state index contributed by atoms with van der Waals surface area (Å²) in [6, 6.07) is 1.56. The van der Waals surface area contributed by atoms with Crippen LogP contribution >= 0.6 is 0 Å². The van der Waals surface area contributed by atoms with Gasteiger partial charge in [-0.3, -0.25) is 19.1 Å². The van der Waals surface area contributed by atoms with Crippen molar-refractivity contribution in [3.05, 3.63) is 38.7 Å². The number of amides is 1. The number of aromatic amines is 1. The van der Waals surface area contributed by atoms with Crippen molar-refractivity contribution in [1.29, 1.82) is 0 Å². The number of carbonyl (C=O) groups excluding carboxylic acids is 1. The van der Waals surface area contributed by atoms with E-state index in [1.165, 1.54) is 42.9 Å². The van der Waals surface area contributed by atoms with Gasteiger partial charge in [-0.15, -0.1) is 0 Å². The lowest BCUT2D eigenvalue weighted by molar-refractivity contribution is 0.00682. The Morgan fingerprint density at radius 2 is 2.00 bits per heavy atom. The molecule has 7 nitrogen and oxygen atoms in total. The third-order valence-electron chi connectivity index (χ3n) is 6.72. The normalized spacial score (nSPS) is 22.3. The minimum absolute atomic E-state index is 0.0745. The number of fused-ring (bicyclic) bond motifs is 1. The molecule has 2 fully saturated rings. The molecule has 1 aliphatic heterocycles. The fourth-order valence-electron chi connectivity index (χ4n) is 4.89. The van der Waals surface area contributed by atoms with Crippen LogP contribution in [0.15, 0.2) is 21.9 Å². The van der Waals surface area contributed by atoms with Gasteiger partial charge >= 0.3 is 5.69 Å². The van der Waals surface area contributed by atoms with Crippen LogP contribution in [-0.2, 0) is 7.05 Å². The molecule has 0 aromatic carbocycles. The van der Waals surface area contributed by atoms with Gasteiger partial charge in [0, 0.05) is 26.3 Å². The maximum atomic E-state index is 13.1. The van der Waals surface area contributed by atoms with Gasteiger partial charge in [0.2, 0.25) is 0 Å². The highest BCUT2D eigenvalue weighted by Gasteiger charge is 2.42. The summed E-state index contributed by atoms with van der Waals surface area (Å²) >= 11 is 0. The molecule has 144 valence electrons. The topological polar surface area (TPSA) is 88.1 Å². The maximum Gasteiger partial charge on any atom is 0.329 e. The molecule has 1 atom stereocenters. The van der Waals surface area contributed by atoms with Crippen LogP contribution in [-0.4, -0.2) is 38.4 Å². The van der Waals surface area contributed by atoms with Gasteiger partial charge in [0.25, 0.3) is 11.5 Å². The first-order chi connectivity index (χ1) is 12.9. The Morgan fingerprint density at radius 3 is 2.74 bits per heavy atom. The molecular formula is C20H26N4O3. The molecule has 2 aromatic rings. The zero-order chi connectivity index (χ0) is 19.2. The average Bonchev–Trinajstić information content (AvgIpc) is 2.68. The molecule has 1 aliphatic carbocycles. The van der Waals surface area contributed by atoms with Crippen LogP contribution < -0.4 is 11.2 Å². The van der Waals surface area contributed by atoms with E-state index in [4.69, 9.17) is 0 Å². The van der Waals surface area contributed by atoms with Gasteiger partial charge in [0.05, 0.1) is 10.9 Å². The smallest absolute Gasteiger partial charge is 0.329 e. The molecule has 3 heterocycles. The minimum Gasteiger partial charge on any atom is -0.338 e. The third kappa shape index (κ3) is 2.99. The van der Waals surface area contributed by atoms with E-state index in [-0.39, 0.29) is 22.4 Å². The molecule has 2 aromatic heterocycles. The molecule has 4 rings (SSSR count). The number of aryl methyl sites for hydroxylation is 1. The minimum atomic E-state index is -0.511. The number of H-pyrrole nitrogens is 1. The fourth-order valence-corrected chi connectivity index (χ4v) is 4.89. The molecule has 1 saturated heterocycles. The predicted molar refractivity (Wildman–Crippen MR) is 103 cm³/mol. The summed E-state index contributed by atoms with van der Waals surface area (Å²) < 4.78 is 1.28. The number of aromatic nitrogens is 3. The fraction of sp³-hybridized carbons (Fsp3) is 0.600. The zero-order valence-corrected chi connectivity index (χ0v) is 16.0. The van der Waals surface area contributed by atoms with Gasteiger partial charge in [-0.25, -0.2) is 9.78 Å². The number of rotatable bonds is 1. The predicted octanol–water partition coefficient (Wildman–Crippen LogP) is 2.05. The van der Waals surface area contributed by atoms with Gasteiger partial charge in [0.1, 0.15) is 5.65 Å². The zero-order valence-electron chi connectivity index (χ0n) is 16.0. The Kier molecular flexibility index (Phi) is 4.40. The second kappa shape index (κ2) is 6.62. The summed E-state index contributed by atoms with van der Waals surface area (Å²) in [5.74, 6) is 0.559. The molecule has 1 N–H and O–H groups in total. The molecule has 0 bridgehead atoms. The van der Waals surface area contributed by atoms with Gasteiger partial charge < -0.3 is 4.90 Å². The van der Waals surface area contributed by atoms with Gasteiger partial charge in [-0.05, 0) is 36.7 Å². The summed E-state index contributed by atoms with van der Waals surface area (Å²) in [5.41, 5.74) is -0.0873. The maximum absolute atomic E-state index is 13.1. The first-order valence-corrected chi connectivity index (χ1v) is 9.80. The van der Waals surface area contributed by atoms with Crippen LogP contribution in [0.3, 0.4) is 0 Å². The Bertz CT molecular complexity index is 1000. The van der Waals surface area contributed by atoms with Crippen LogP contribution in [0.1, 0.15) is 55.8 Å². The summed E-state index contributed by atoms with van der Waals surface area (Å²) in [5, 5.41) is 0.265. The van der Waals surface area contributed by atoms with E-state index < -0.39 is 11.2 Å². The van der Waals surface area contributed by atoms with Gasteiger partial charge in [-0.2, -0.15) is 0 Å². The molecule has 27 heavy (non-hydrogen) atoms. The van der Waals surface area contributed by atoms with E-state index in [1.54, 1.807) is 13.1 Å². The second-order valence-electron chi connectivity index (χ2n) is 8.25. The highest BCUT2D eigenvalue weighted by molar-refractivity contribution is 5.96. The number of likely N-dealkylation sites (tertiary alicyclic amines) is 1. The first-order valence-electron chi connectivity index (χ1n) is 9.80. The lowest BCUT2D eigenvalue weighted by Gasteiger charge is -2.49. The number of piperidine rings is 1. The van der Waals surface area contributed by atoms with Crippen molar-refractivity contribution in [1.82, 2.24) is 19.4 Å². The summed E-state index contributed by atoms with van der Waals surface area (Å²) in [6.07, 6.45) is 8.65. The second-order valence-corrected chi connectivity index (χ2v) is 8.25. The molecule has 2 aliphatic rings. The van der Waals surface area contributed by atoms with Crippen LogP contribution in [0.25, 0.3) is 11.0 Å². The van der Waals surface area contributed by atoms with Crippen LogP contribution in [0, 0.1) is 11.3 Å². The van der Waals surface area contributed by atoms with Crippen LogP contribution in [0.5, 0.6) is 0 Å². The quantitative estimate of drug-likeness (QED) is 0.832. The third-order valence-corrected chi connectivity index (χ3v) is 6.72. The van der Waals surface area contributed by atoms with Gasteiger partial charge in [-0.1, -0.05) is 26.2 Å². The van der Waals surface area contributed by atoms with E-state index >= 15 is 0 Å². The van der Waals surface area contributed by atoms with Crippen molar-refractivity contribution in [3.63, 3.8) is 0 Å². The summed E-state index contributed by atoms with van der Waals surface area (Å²) in [7, 11) is 1.55. The van der Waals surface area contributed by atoms with E-state index in [0.29, 0.717) is 11.5 Å². The monoisotopic (exact) mass is 370 g/mol. The van der Waals surface area contributed by atoms with E-state index in [1.807, 2.05) is 4.90 Å². The lowest BCUT2D eigenvalue weighted by atomic mass is 9.63. The number of carbonyl (C=O) groups is 1. The van der Waals surface area contributed by atoms with Crippen molar-refractivity contribution in [2.75, 3.05) is 13.1 Å². The van der Waals surface area contributed by atoms with Crippen molar-refractivity contribution in [3.8, 4) is 0 Å². The van der Waals surface area contributed by atoms with Crippen molar-refractivity contribution < 1.29 is 4.79 Å². The molecule has 1 unspecified atom stereocenters. The van der Waals surface area contributed by atoms with Crippen molar-refractivity contribution in [2.24, 2.45) is 18.4 Å². The molecule has 1 spiro atoms. The number of nitrogens with one attached hydrogen (secondary N) is 1. The number of pyridine rings is 1. The Balaban J connectivity index is 1.66. The van der Waals surface area contributed by atoms with Gasteiger partial charge in [0.15, 0.2) is 0 Å². The van der Waals surface area contributed by atoms with Crippen molar-refractivity contribution >= 4 is 16.9 Å². The largest absolute Gasteiger partial charge is 0.338 e. The highest BCUT2D eigenvalue weighted by atomic mass is 16.2. The molecule has 7 heteroatoms. The summed E-state index contributed by atoms with van der Waals surface area (Å²) in [6.45, 7) is 3.85. The number of hydrogen-bond donors (Lipinski definition) is 1. The average molecular weight is 370 g/mol. The van der Waals surface area contributed by atoms with Crippen molar-refractivity contribution in [2.45, 2.75) is 45.4 Å². The standard InChI is InChI=1S/C20H26N4O3/c1-13-6-9-24(12-20(13)7-4-3-5-8-20)18(26)14-10-15-16(21-11-14)23(2)19(27)22-17(15)25/h10-11,13H,3-9,12H2,1-2H3,(H,22,25,27). The van der Waals surface area contributed by atoms with Crippen LogP contribution in [0.4, 0.5) is 0 Å². The molecule has 0 radical (unpaired) electrons. The highest BCUT2D eigenvalue weighted by Crippen LogP contribution is 2.47. The number of hydrogen-bond acceptors (Lipinski definition) is 4. The van der Waals surface area contributed by atoms with E-state index in [9.17, 15) is 14.4 Å². The number of nitrogens with zero attached hydrogens (tertiary/aromatic N) is 3. The lowest BCUT2D eigenvalue weighted by Crippen LogP contribution is -2.51. The molecular weight excluding hydrogens is 344 g/mol. The Morgan fingerprint density at radius 1 is 1.26 bits per heavy atom. The van der Waals surface area contributed by atoms with E-state index in [2.05, 4.69) is 16.9 Å². The Labute approximate surface area is 157 Å². The van der Waals surface area contributed by atoms with Crippen LogP contribution in [0.2, 0.25) is 0 Å². The Hall–Kier alpha value is -2.44. The molecule has 1 amide bonds. The SMILES string of the molecule is CC1CCN(C(=O)c2cnc3c(c2)c(=O)[nH]c(=O)n3C)CC12CCCCC2. The summed E-state index contributed by atoms with van der Waals surface area (Å²) in [4.78, 5) is 45.4. The molecule has 1 saturated carbocycles.